The molecule has 2 N–H and O–H groups in total. The Morgan fingerprint density at radius 1 is 1.33 bits per heavy atom. The molecule has 2 heterocycles. The van der Waals surface area contributed by atoms with Crippen molar-refractivity contribution >= 4 is 17.7 Å². The third-order valence-electron chi connectivity index (χ3n) is 2.80. The van der Waals surface area contributed by atoms with Gasteiger partial charge in [0.2, 0.25) is 17.7 Å². The van der Waals surface area contributed by atoms with Gasteiger partial charge >= 0.3 is 0 Å². The van der Waals surface area contributed by atoms with Gasteiger partial charge in [-0.05, 0) is 6.42 Å². The first kappa shape index (κ1) is 10.1. The van der Waals surface area contributed by atoms with E-state index in [9.17, 15) is 14.4 Å². The average molecular weight is 211 g/mol. The van der Waals surface area contributed by atoms with E-state index in [2.05, 4.69) is 10.6 Å². The molecule has 2 aliphatic rings. The predicted octanol–water partition coefficient (Wildman–Crippen LogP) is -1.78. The second-order valence-corrected chi connectivity index (χ2v) is 3.94. The van der Waals surface area contributed by atoms with Crippen molar-refractivity contribution in [1.29, 1.82) is 0 Å². The summed E-state index contributed by atoms with van der Waals surface area (Å²) in [6.45, 7) is 0.693. The molecule has 0 aromatic carbocycles. The van der Waals surface area contributed by atoms with Gasteiger partial charge in [0.05, 0.1) is 18.5 Å². The molecule has 0 aromatic heterocycles. The van der Waals surface area contributed by atoms with E-state index in [1.165, 1.54) is 0 Å². The van der Waals surface area contributed by atoms with Crippen LogP contribution < -0.4 is 10.6 Å². The van der Waals surface area contributed by atoms with E-state index in [1.54, 1.807) is 11.9 Å². The highest BCUT2D eigenvalue weighted by Crippen LogP contribution is 2.11. The van der Waals surface area contributed by atoms with Crippen LogP contribution in [0.5, 0.6) is 0 Å². The van der Waals surface area contributed by atoms with Crippen LogP contribution in [0.25, 0.3) is 0 Å². The third kappa shape index (κ3) is 1.85. The Hall–Kier alpha value is -1.43. The molecule has 82 valence electrons. The summed E-state index contributed by atoms with van der Waals surface area (Å²) in [4.78, 5) is 35.3. The maximum atomic E-state index is 11.5. The number of nitrogens with zero attached hydrogens (tertiary/aromatic N) is 1. The van der Waals surface area contributed by atoms with Crippen LogP contribution in [0, 0.1) is 0 Å². The van der Waals surface area contributed by atoms with Gasteiger partial charge in [0.15, 0.2) is 0 Å². The molecule has 6 nitrogen and oxygen atoms in total. The number of carbonyl (C=O) groups is 3. The Morgan fingerprint density at radius 3 is 2.53 bits per heavy atom. The molecule has 0 aromatic rings. The summed E-state index contributed by atoms with van der Waals surface area (Å²) in [6, 6.07) is -0.866. The van der Waals surface area contributed by atoms with E-state index in [0.29, 0.717) is 13.0 Å². The normalized spacial score (nSPS) is 31.3. The predicted molar refractivity (Wildman–Crippen MR) is 50.7 cm³/mol. The van der Waals surface area contributed by atoms with Crippen LogP contribution in [0.3, 0.4) is 0 Å². The van der Waals surface area contributed by atoms with E-state index >= 15 is 0 Å². The van der Waals surface area contributed by atoms with Crippen molar-refractivity contribution in [2.45, 2.75) is 24.9 Å². The van der Waals surface area contributed by atoms with Crippen LogP contribution in [-0.4, -0.2) is 48.3 Å². The fourth-order valence-electron chi connectivity index (χ4n) is 1.91. The average Bonchev–Trinajstić information content (AvgIpc) is 2.64. The molecular weight excluding hydrogens is 198 g/mol. The third-order valence-corrected chi connectivity index (χ3v) is 2.80. The van der Waals surface area contributed by atoms with Crippen molar-refractivity contribution in [2.75, 3.05) is 13.6 Å². The van der Waals surface area contributed by atoms with Gasteiger partial charge in [-0.15, -0.1) is 0 Å². The molecule has 0 spiro atoms. The molecule has 2 rings (SSSR count). The van der Waals surface area contributed by atoms with E-state index in [-0.39, 0.29) is 30.2 Å². The molecule has 0 saturated carbocycles. The molecule has 3 amide bonds. The zero-order chi connectivity index (χ0) is 11.0. The van der Waals surface area contributed by atoms with Crippen molar-refractivity contribution in [3.63, 3.8) is 0 Å². The van der Waals surface area contributed by atoms with Crippen LogP contribution in [0.15, 0.2) is 0 Å². The zero-order valence-corrected chi connectivity index (χ0v) is 8.45. The molecular formula is C9H13N3O3. The first-order valence-corrected chi connectivity index (χ1v) is 4.92. The molecule has 2 atom stereocenters. The van der Waals surface area contributed by atoms with Gasteiger partial charge in [0.25, 0.3) is 0 Å². The number of hydrogen-bond donors (Lipinski definition) is 2. The number of imide groups is 1. The first-order valence-electron chi connectivity index (χ1n) is 4.92. The van der Waals surface area contributed by atoms with Crippen molar-refractivity contribution < 1.29 is 14.4 Å². The minimum atomic E-state index is -0.544. The maximum absolute atomic E-state index is 11.5. The smallest absolute Gasteiger partial charge is 0.244 e. The van der Waals surface area contributed by atoms with Gasteiger partial charge in [-0.3, -0.25) is 25.0 Å². The molecule has 2 fully saturated rings. The SMILES string of the molecule is CN1CCC(NC2CC(=O)NC2=O)C1=O. The molecule has 0 aliphatic carbocycles. The van der Waals surface area contributed by atoms with Gasteiger partial charge in [0, 0.05) is 13.6 Å². The minimum Gasteiger partial charge on any atom is -0.344 e. The highest BCUT2D eigenvalue weighted by atomic mass is 16.2. The number of amides is 3. The van der Waals surface area contributed by atoms with E-state index in [0.717, 1.165) is 0 Å². The summed E-state index contributed by atoms with van der Waals surface area (Å²) in [6.07, 6.45) is 0.819. The molecule has 2 saturated heterocycles. The van der Waals surface area contributed by atoms with Gasteiger partial charge in [-0.2, -0.15) is 0 Å². The van der Waals surface area contributed by atoms with Crippen LogP contribution in [0.4, 0.5) is 0 Å². The molecule has 15 heavy (non-hydrogen) atoms. The number of likely N-dealkylation sites (tertiary alicyclic amines) is 1. The van der Waals surface area contributed by atoms with Gasteiger partial charge in [-0.1, -0.05) is 0 Å². The standard InChI is InChI=1S/C9H13N3O3/c1-12-3-2-5(9(12)15)10-6-4-7(13)11-8(6)14/h5-6,10H,2-4H2,1H3,(H,11,13,14). The molecule has 6 heteroatoms. The monoisotopic (exact) mass is 211 g/mol. The Balaban J connectivity index is 1.95. The van der Waals surface area contributed by atoms with Crippen molar-refractivity contribution in [1.82, 2.24) is 15.5 Å². The van der Waals surface area contributed by atoms with Crippen molar-refractivity contribution in [2.24, 2.45) is 0 Å². The second-order valence-electron chi connectivity index (χ2n) is 3.94. The van der Waals surface area contributed by atoms with Gasteiger partial charge < -0.3 is 4.90 Å². The summed E-state index contributed by atoms with van der Waals surface area (Å²) in [5.41, 5.74) is 0. The summed E-state index contributed by atoms with van der Waals surface area (Å²) in [7, 11) is 1.73. The van der Waals surface area contributed by atoms with Crippen LogP contribution in [-0.2, 0) is 14.4 Å². The number of hydrogen-bond acceptors (Lipinski definition) is 4. The van der Waals surface area contributed by atoms with Crippen LogP contribution in [0.2, 0.25) is 0 Å². The summed E-state index contributed by atoms with van der Waals surface area (Å²) < 4.78 is 0. The second kappa shape index (κ2) is 3.62. The highest BCUT2D eigenvalue weighted by molar-refractivity contribution is 6.05. The Morgan fingerprint density at radius 2 is 2.07 bits per heavy atom. The lowest BCUT2D eigenvalue weighted by molar-refractivity contribution is -0.128. The highest BCUT2D eigenvalue weighted by Gasteiger charge is 2.36. The number of nitrogens with one attached hydrogen (secondary N) is 2. The molecule has 2 aliphatic heterocycles. The van der Waals surface area contributed by atoms with E-state index in [1.807, 2.05) is 0 Å². The lowest BCUT2D eigenvalue weighted by Crippen LogP contribution is -2.46. The lowest BCUT2D eigenvalue weighted by Gasteiger charge is -2.14. The Kier molecular flexibility index (Phi) is 2.44. The van der Waals surface area contributed by atoms with Crippen molar-refractivity contribution in [3.05, 3.63) is 0 Å². The summed E-state index contributed by atoms with van der Waals surface area (Å²) >= 11 is 0. The zero-order valence-electron chi connectivity index (χ0n) is 8.45. The number of carbonyl (C=O) groups excluding carboxylic acids is 3. The van der Waals surface area contributed by atoms with E-state index < -0.39 is 6.04 Å². The topological polar surface area (TPSA) is 78.5 Å². The molecule has 2 unspecified atom stereocenters. The Bertz CT molecular complexity index is 329. The van der Waals surface area contributed by atoms with Crippen LogP contribution in [0.1, 0.15) is 12.8 Å². The van der Waals surface area contributed by atoms with Gasteiger partial charge in [-0.25, -0.2) is 0 Å². The lowest BCUT2D eigenvalue weighted by atomic mass is 10.2. The fraction of sp³-hybridized carbons (Fsp3) is 0.667. The van der Waals surface area contributed by atoms with E-state index in [4.69, 9.17) is 0 Å². The Labute approximate surface area is 87.0 Å². The quantitative estimate of drug-likeness (QED) is 0.529. The van der Waals surface area contributed by atoms with Gasteiger partial charge in [0.1, 0.15) is 0 Å². The number of rotatable bonds is 2. The largest absolute Gasteiger partial charge is 0.344 e. The maximum Gasteiger partial charge on any atom is 0.244 e. The number of likely N-dealkylation sites (N-methyl/N-ethyl adjacent to an activating group) is 1. The van der Waals surface area contributed by atoms with Crippen LogP contribution >= 0.6 is 0 Å². The molecule has 0 bridgehead atoms. The summed E-state index contributed by atoms with van der Waals surface area (Å²) in [5.74, 6) is -0.624. The van der Waals surface area contributed by atoms with Crippen molar-refractivity contribution in [3.8, 4) is 0 Å². The summed E-state index contributed by atoms with van der Waals surface area (Å²) in [5, 5.41) is 5.12. The first-order chi connectivity index (χ1) is 7.08. The minimum absolute atomic E-state index is 0.0119. The molecule has 0 radical (unpaired) electrons. The fourth-order valence-corrected chi connectivity index (χ4v) is 1.91.